The van der Waals surface area contributed by atoms with Crippen molar-refractivity contribution in [3.8, 4) is 5.75 Å². The molecule has 2 rings (SSSR count). The summed E-state index contributed by atoms with van der Waals surface area (Å²) in [5, 5.41) is 12.0. The molecular formula is C28H39N3O4. The number of nitrogens with zero attached hydrogens (tertiary/aromatic N) is 2. The smallest absolute Gasteiger partial charge is 0.270 e. The lowest BCUT2D eigenvalue weighted by Gasteiger charge is -2.23. The molecule has 0 fully saturated rings. The first kappa shape index (κ1) is 28.1. The Labute approximate surface area is 209 Å². The molecular weight excluding hydrogens is 442 g/mol. The molecule has 0 unspecified atom stereocenters. The molecule has 0 saturated heterocycles. The molecule has 0 saturated carbocycles. The molecule has 2 N–H and O–H groups in total. The summed E-state index contributed by atoms with van der Waals surface area (Å²) < 4.78 is 5.85. The summed E-state index contributed by atoms with van der Waals surface area (Å²) >= 11 is 0. The molecule has 0 aliphatic rings. The van der Waals surface area contributed by atoms with Crippen LogP contribution < -0.4 is 10.1 Å². The average Bonchev–Trinajstić information content (AvgIpc) is 2.89. The molecule has 2 aromatic rings. The van der Waals surface area contributed by atoms with Gasteiger partial charge in [0.2, 0.25) is 0 Å². The van der Waals surface area contributed by atoms with Crippen LogP contribution in [0.25, 0.3) is 6.08 Å². The number of likely N-dealkylation sites (N-methyl/N-ethyl adjacent to an activating group) is 1. The van der Waals surface area contributed by atoms with Crippen molar-refractivity contribution in [2.24, 2.45) is 0 Å². The molecule has 2 amide bonds. The van der Waals surface area contributed by atoms with Crippen LogP contribution in [0, 0.1) is 0 Å². The molecule has 0 aromatic heterocycles. The summed E-state index contributed by atoms with van der Waals surface area (Å²) in [6.45, 7) is 10.6. The van der Waals surface area contributed by atoms with Crippen LogP contribution in [0.3, 0.4) is 0 Å². The highest BCUT2D eigenvalue weighted by Gasteiger charge is 2.20. The van der Waals surface area contributed by atoms with Gasteiger partial charge in [-0.15, -0.1) is 0 Å². The first-order valence-corrected chi connectivity index (χ1v) is 12.5. The van der Waals surface area contributed by atoms with Crippen LogP contribution in [0.15, 0.2) is 60.3 Å². The number of hydrogen-bond donors (Lipinski definition) is 2. The Kier molecular flexibility index (Phi) is 12.6. The minimum absolute atomic E-state index is 0.00134. The third-order valence-electron chi connectivity index (χ3n) is 5.64. The first-order valence-electron chi connectivity index (χ1n) is 12.5. The number of ether oxygens (including phenoxy) is 1. The summed E-state index contributed by atoms with van der Waals surface area (Å²) in [6, 6.07) is 16.3. The van der Waals surface area contributed by atoms with Crippen LogP contribution in [0.2, 0.25) is 0 Å². The van der Waals surface area contributed by atoms with E-state index in [1.54, 1.807) is 35.2 Å². The summed E-state index contributed by atoms with van der Waals surface area (Å²) in [4.78, 5) is 30.2. The third kappa shape index (κ3) is 9.54. The van der Waals surface area contributed by atoms with Gasteiger partial charge < -0.3 is 25.0 Å². The van der Waals surface area contributed by atoms with E-state index in [0.29, 0.717) is 31.7 Å². The third-order valence-corrected chi connectivity index (χ3v) is 5.64. The van der Waals surface area contributed by atoms with Crippen LogP contribution in [0.1, 0.15) is 49.5 Å². The van der Waals surface area contributed by atoms with E-state index in [4.69, 9.17) is 4.74 Å². The highest BCUT2D eigenvalue weighted by atomic mass is 16.5. The number of carbonyl (C=O) groups excluding carboxylic acids is 2. The lowest BCUT2D eigenvalue weighted by Crippen LogP contribution is -2.39. The quantitative estimate of drug-likeness (QED) is 0.378. The highest BCUT2D eigenvalue weighted by molar-refractivity contribution is 6.05. The standard InChI is InChI=1S/C28H39N3O4/c1-4-17-31(18-10-20-32)28(34)26(29-27(33)24-11-8-7-9-12-24)22-23-13-15-25(16-14-23)35-21-19-30(5-2)6-3/h7-9,11-16,22,32H,4-6,10,17-21H2,1-3H3,(H,29,33)/b26-22-. The van der Waals surface area contributed by atoms with Crippen LogP contribution >= 0.6 is 0 Å². The van der Waals surface area contributed by atoms with Crippen molar-refractivity contribution < 1.29 is 19.4 Å². The number of aliphatic hydroxyl groups excluding tert-OH is 1. The van der Waals surface area contributed by atoms with Gasteiger partial charge >= 0.3 is 0 Å². The van der Waals surface area contributed by atoms with Gasteiger partial charge in [-0.1, -0.05) is 51.1 Å². The largest absolute Gasteiger partial charge is 0.492 e. The maximum absolute atomic E-state index is 13.4. The van der Waals surface area contributed by atoms with E-state index >= 15 is 0 Å². The number of nitrogens with one attached hydrogen (secondary N) is 1. The highest BCUT2D eigenvalue weighted by Crippen LogP contribution is 2.16. The fraction of sp³-hybridized carbons (Fsp3) is 0.429. The molecule has 0 spiro atoms. The SMILES string of the molecule is CCCN(CCCO)C(=O)/C(=C/c1ccc(OCCN(CC)CC)cc1)NC(=O)c1ccccc1. The van der Waals surface area contributed by atoms with Crippen molar-refractivity contribution in [3.05, 3.63) is 71.4 Å². The second-order valence-corrected chi connectivity index (χ2v) is 8.19. The van der Waals surface area contributed by atoms with Gasteiger partial charge in [-0.3, -0.25) is 9.59 Å². The Morgan fingerprint density at radius 3 is 2.23 bits per heavy atom. The molecule has 190 valence electrons. The predicted octanol–water partition coefficient (Wildman–Crippen LogP) is 3.80. The lowest BCUT2D eigenvalue weighted by atomic mass is 10.1. The molecule has 0 heterocycles. The molecule has 0 aliphatic heterocycles. The summed E-state index contributed by atoms with van der Waals surface area (Å²) in [6.07, 6.45) is 2.94. The van der Waals surface area contributed by atoms with Crippen LogP contribution in [-0.4, -0.2) is 72.7 Å². The maximum Gasteiger partial charge on any atom is 0.270 e. The molecule has 2 aromatic carbocycles. The Hall–Kier alpha value is -3.16. The molecule has 0 atom stereocenters. The number of hydrogen-bond acceptors (Lipinski definition) is 5. The van der Waals surface area contributed by atoms with Gasteiger partial charge in [-0.2, -0.15) is 0 Å². The Bertz CT molecular complexity index is 925. The Balaban J connectivity index is 2.21. The second kappa shape index (κ2) is 15.7. The second-order valence-electron chi connectivity index (χ2n) is 8.19. The summed E-state index contributed by atoms with van der Waals surface area (Å²) in [5.74, 6) is 0.135. The molecule has 7 heteroatoms. The van der Waals surface area contributed by atoms with E-state index in [1.165, 1.54) is 0 Å². The van der Waals surface area contributed by atoms with E-state index in [2.05, 4.69) is 24.1 Å². The average molecular weight is 482 g/mol. The van der Waals surface area contributed by atoms with Crippen LogP contribution in [0.5, 0.6) is 5.75 Å². The number of carbonyl (C=O) groups is 2. The molecule has 0 aliphatic carbocycles. The summed E-state index contributed by atoms with van der Waals surface area (Å²) in [7, 11) is 0. The maximum atomic E-state index is 13.4. The van der Waals surface area contributed by atoms with Gasteiger partial charge in [0.05, 0.1) is 0 Å². The van der Waals surface area contributed by atoms with Crippen molar-refractivity contribution in [1.82, 2.24) is 15.1 Å². The number of amides is 2. The van der Waals surface area contributed by atoms with Gasteiger partial charge in [0, 0.05) is 31.8 Å². The van der Waals surface area contributed by atoms with Gasteiger partial charge in [0.25, 0.3) is 11.8 Å². The van der Waals surface area contributed by atoms with Gasteiger partial charge in [0.1, 0.15) is 18.1 Å². The van der Waals surface area contributed by atoms with E-state index in [0.717, 1.165) is 37.4 Å². The van der Waals surface area contributed by atoms with Gasteiger partial charge in [-0.05, 0) is 61.8 Å². The number of rotatable bonds is 15. The van der Waals surface area contributed by atoms with E-state index in [9.17, 15) is 14.7 Å². The van der Waals surface area contributed by atoms with Crippen LogP contribution in [0.4, 0.5) is 0 Å². The lowest BCUT2D eigenvalue weighted by molar-refractivity contribution is -0.127. The molecule has 0 radical (unpaired) electrons. The van der Waals surface area contributed by atoms with Crippen molar-refractivity contribution in [3.63, 3.8) is 0 Å². The van der Waals surface area contributed by atoms with Gasteiger partial charge in [0.15, 0.2) is 0 Å². The minimum atomic E-state index is -0.347. The number of benzene rings is 2. The molecule has 0 bridgehead atoms. The van der Waals surface area contributed by atoms with Crippen molar-refractivity contribution >= 4 is 17.9 Å². The van der Waals surface area contributed by atoms with Gasteiger partial charge in [-0.25, -0.2) is 0 Å². The Morgan fingerprint density at radius 2 is 1.63 bits per heavy atom. The van der Waals surface area contributed by atoms with Crippen molar-refractivity contribution in [1.29, 1.82) is 0 Å². The fourth-order valence-corrected chi connectivity index (χ4v) is 3.61. The monoisotopic (exact) mass is 481 g/mol. The van der Waals surface area contributed by atoms with E-state index in [1.807, 2.05) is 37.3 Å². The molecule has 35 heavy (non-hydrogen) atoms. The van der Waals surface area contributed by atoms with E-state index < -0.39 is 0 Å². The van der Waals surface area contributed by atoms with Crippen LogP contribution in [-0.2, 0) is 4.79 Å². The molecule has 7 nitrogen and oxygen atoms in total. The fourth-order valence-electron chi connectivity index (χ4n) is 3.61. The summed E-state index contributed by atoms with van der Waals surface area (Å²) in [5.41, 5.74) is 1.44. The zero-order valence-corrected chi connectivity index (χ0v) is 21.2. The zero-order valence-electron chi connectivity index (χ0n) is 21.2. The van der Waals surface area contributed by atoms with Crippen molar-refractivity contribution in [2.45, 2.75) is 33.6 Å². The first-order chi connectivity index (χ1) is 17.0. The van der Waals surface area contributed by atoms with E-state index in [-0.39, 0.29) is 24.1 Å². The zero-order chi connectivity index (χ0) is 25.5. The minimum Gasteiger partial charge on any atom is -0.492 e. The normalized spacial score (nSPS) is 11.4. The number of aliphatic hydroxyl groups is 1. The Morgan fingerprint density at radius 1 is 0.943 bits per heavy atom. The van der Waals surface area contributed by atoms with Crippen molar-refractivity contribution in [2.75, 3.05) is 45.9 Å². The topological polar surface area (TPSA) is 82.1 Å². The predicted molar refractivity (Wildman–Crippen MR) is 140 cm³/mol.